The van der Waals surface area contributed by atoms with E-state index in [-0.39, 0.29) is 21.7 Å². The van der Waals surface area contributed by atoms with Crippen LogP contribution in [0.4, 0.5) is 28.4 Å². The molecule has 3 atom stereocenters. The first-order valence-corrected chi connectivity index (χ1v) is 28.1. The molecule has 0 bridgehead atoms. The molecule has 9 aromatic carbocycles. The van der Waals surface area contributed by atoms with Gasteiger partial charge in [0, 0.05) is 61.1 Å². The number of nitrogens with zero attached hydrogens (tertiary/aromatic N) is 2. The van der Waals surface area contributed by atoms with E-state index in [1.54, 1.807) is 0 Å². The minimum Gasteiger partial charge on any atom is -0.313 e. The zero-order valence-electron chi connectivity index (χ0n) is 45.3. The van der Waals surface area contributed by atoms with Gasteiger partial charge in [-0.25, -0.2) is 0 Å². The van der Waals surface area contributed by atoms with Gasteiger partial charge in [-0.15, -0.1) is 0 Å². The summed E-state index contributed by atoms with van der Waals surface area (Å²) in [5, 5.41) is 4.93. The number of rotatable bonds is 6. The van der Waals surface area contributed by atoms with Crippen LogP contribution in [0.3, 0.4) is 0 Å². The third-order valence-corrected chi connectivity index (χ3v) is 20.0. The second-order valence-corrected chi connectivity index (χ2v) is 25.2. The molecule has 372 valence electrons. The lowest BCUT2D eigenvalue weighted by Crippen LogP contribution is -2.29. The van der Waals surface area contributed by atoms with Crippen molar-refractivity contribution in [3.05, 3.63) is 250 Å². The summed E-state index contributed by atoms with van der Waals surface area (Å²) in [7, 11) is 0. The Kier molecular flexibility index (Phi) is 9.58. The number of hydrogen-bond donors (Lipinski definition) is 0. The van der Waals surface area contributed by atoms with Crippen molar-refractivity contribution < 1.29 is 0 Å². The highest BCUT2D eigenvalue weighted by Gasteiger charge is 2.48. The minimum absolute atomic E-state index is 0.0263. The molecule has 0 radical (unpaired) electrons. The molecular weight excluding hydrogens is 917 g/mol. The molecular formula is C74H66N2. The number of allylic oxidation sites excluding steroid dienone is 6. The van der Waals surface area contributed by atoms with Crippen molar-refractivity contribution in [2.45, 2.75) is 102 Å². The average molecular weight is 983 g/mol. The molecule has 0 heterocycles. The summed E-state index contributed by atoms with van der Waals surface area (Å²) < 4.78 is 0. The van der Waals surface area contributed by atoms with Crippen molar-refractivity contribution in [1.82, 2.24) is 0 Å². The Bertz CT molecular complexity index is 4020. The summed E-state index contributed by atoms with van der Waals surface area (Å²) in [6.07, 6.45) is 13.2. The Morgan fingerprint density at radius 2 is 0.908 bits per heavy atom. The maximum absolute atomic E-state index is 2.71. The van der Waals surface area contributed by atoms with Crippen LogP contribution >= 0.6 is 0 Å². The first-order chi connectivity index (χ1) is 36.7. The molecule has 0 spiro atoms. The summed E-state index contributed by atoms with van der Waals surface area (Å²) in [6, 6.07) is 68.1. The molecule has 9 aromatic rings. The topological polar surface area (TPSA) is 6.48 Å². The minimum atomic E-state index is -0.168. The van der Waals surface area contributed by atoms with Crippen molar-refractivity contribution >= 4 is 55.6 Å². The first-order valence-electron chi connectivity index (χ1n) is 28.1. The van der Waals surface area contributed by atoms with Crippen molar-refractivity contribution in [2.24, 2.45) is 11.8 Å². The van der Waals surface area contributed by atoms with E-state index >= 15 is 0 Å². The summed E-state index contributed by atoms with van der Waals surface area (Å²) in [5.74, 6) is 1.39. The normalized spacial score (nSPS) is 20.9. The molecule has 2 heteroatoms. The maximum Gasteiger partial charge on any atom is 0.0619 e. The van der Waals surface area contributed by atoms with Crippen molar-refractivity contribution in [3.8, 4) is 22.3 Å². The SMILES string of the molecule is CC1(C)c2ccccc2-c2cc(N(c3ccc4c(c3)C(C)(C)c3ccccc3-4)c3c4ccccc4c(N(C4=CC=C5c6ccccc6C(C)(C)C5C4)c4ccc5c(c4)C(C)(C)C4CCC=CC54)c4ccccc34)ccc21. The zero-order chi connectivity index (χ0) is 51.6. The third-order valence-electron chi connectivity index (χ3n) is 20.0. The van der Waals surface area contributed by atoms with E-state index in [1.807, 2.05) is 0 Å². The lowest BCUT2D eigenvalue weighted by molar-refractivity contribution is 0.301. The van der Waals surface area contributed by atoms with Crippen LogP contribution in [-0.4, -0.2) is 0 Å². The Balaban J connectivity index is 1.00. The van der Waals surface area contributed by atoms with Crippen molar-refractivity contribution in [1.29, 1.82) is 0 Å². The summed E-state index contributed by atoms with van der Waals surface area (Å²) in [6.45, 7) is 19.6. The van der Waals surface area contributed by atoms with E-state index in [2.05, 4.69) is 265 Å². The highest BCUT2D eigenvalue weighted by Crippen LogP contribution is 2.60. The lowest BCUT2D eigenvalue weighted by atomic mass is 9.72. The van der Waals surface area contributed by atoms with Crippen LogP contribution in [-0.2, 0) is 21.7 Å². The van der Waals surface area contributed by atoms with Gasteiger partial charge >= 0.3 is 0 Å². The smallest absolute Gasteiger partial charge is 0.0619 e. The Morgan fingerprint density at radius 3 is 1.59 bits per heavy atom. The van der Waals surface area contributed by atoms with Gasteiger partial charge in [-0.2, -0.15) is 0 Å². The predicted octanol–water partition coefficient (Wildman–Crippen LogP) is 19.8. The van der Waals surface area contributed by atoms with E-state index in [4.69, 9.17) is 0 Å². The van der Waals surface area contributed by atoms with E-state index in [1.165, 1.54) is 123 Å². The maximum atomic E-state index is 2.71. The van der Waals surface area contributed by atoms with Crippen LogP contribution in [0.2, 0.25) is 0 Å². The molecule has 6 aliphatic carbocycles. The Morgan fingerprint density at radius 1 is 0.408 bits per heavy atom. The fourth-order valence-electron chi connectivity index (χ4n) is 16.0. The van der Waals surface area contributed by atoms with Crippen molar-refractivity contribution in [3.63, 3.8) is 0 Å². The molecule has 0 fully saturated rings. The van der Waals surface area contributed by atoms with Crippen molar-refractivity contribution in [2.75, 3.05) is 9.80 Å². The highest BCUT2D eigenvalue weighted by atomic mass is 15.2. The molecule has 76 heavy (non-hydrogen) atoms. The van der Waals surface area contributed by atoms with Crippen LogP contribution in [0.1, 0.15) is 125 Å². The number of hydrogen-bond acceptors (Lipinski definition) is 2. The fraction of sp³-hybridized carbons (Fsp3) is 0.243. The van der Waals surface area contributed by atoms with Crippen LogP contribution in [0, 0.1) is 11.8 Å². The van der Waals surface area contributed by atoms with Crippen LogP contribution in [0.25, 0.3) is 49.4 Å². The second kappa shape index (κ2) is 15.9. The highest BCUT2D eigenvalue weighted by molar-refractivity contribution is 6.23. The predicted molar refractivity (Wildman–Crippen MR) is 321 cm³/mol. The number of benzene rings is 9. The van der Waals surface area contributed by atoms with Gasteiger partial charge in [-0.3, -0.25) is 0 Å². The molecule has 0 aliphatic heterocycles. The average Bonchev–Trinajstić information content (AvgIpc) is 4.11. The van der Waals surface area contributed by atoms with Crippen LogP contribution < -0.4 is 9.80 Å². The Labute approximate surface area is 449 Å². The van der Waals surface area contributed by atoms with Crippen LogP contribution in [0.5, 0.6) is 0 Å². The third kappa shape index (κ3) is 6.16. The van der Waals surface area contributed by atoms with E-state index in [0.717, 1.165) is 24.2 Å². The molecule has 2 nitrogen and oxygen atoms in total. The van der Waals surface area contributed by atoms with E-state index in [0.29, 0.717) is 17.8 Å². The largest absolute Gasteiger partial charge is 0.313 e. The van der Waals surface area contributed by atoms with Gasteiger partial charge in [-0.1, -0.05) is 213 Å². The van der Waals surface area contributed by atoms with Gasteiger partial charge in [0.1, 0.15) is 0 Å². The standard InChI is InChI=1S/C74H66N2/c1-71(2)64-32-20-16-24-52(64)60-41-45(36-40-65(60)71)75(46-33-37-53-49-21-13-17-29-61(49)72(3,4)66(53)42-46)69-56-25-9-11-27-58(56)70(59-28-12-10-26-57(59)69)76(47-34-38-54-50-22-14-18-30-62(50)73(5,6)67(54)43-47)48-35-39-55-51-23-15-19-31-63(51)74(7,8)68(55)44-48/h9-18,20-30,32-42,44,51,63,67H,19,31,43H2,1-8H3. The molecule has 3 unspecified atom stereocenters. The summed E-state index contributed by atoms with van der Waals surface area (Å²) in [5.41, 5.74) is 25.3. The van der Waals surface area contributed by atoms with Gasteiger partial charge in [0.05, 0.1) is 11.4 Å². The molecule has 0 saturated heterocycles. The van der Waals surface area contributed by atoms with Crippen LogP contribution in [0.15, 0.2) is 206 Å². The molecule has 0 saturated carbocycles. The number of anilines is 5. The van der Waals surface area contributed by atoms with Gasteiger partial charge in [0.2, 0.25) is 0 Å². The Hall–Kier alpha value is -7.68. The van der Waals surface area contributed by atoms with Gasteiger partial charge < -0.3 is 9.80 Å². The summed E-state index contributed by atoms with van der Waals surface area (Å²) >= 11 is 0. The summed E-state index contributed by atoms with van der Waals surface area (Å²) in [4.78, 5) is 5.33. The zero-order valence-corrected chi connectivity index (χ0v) is 45.3. The molecule has 6 aliphatic rings. The number of fused-ring (bicyclic) bond motifs is 14. The fourth-order valence-corrected chi connectivity index (χ4v) is 16.0. The van der Waals surface area contributed by atoms with E-state index in [9.17, 15) is 0 Å². The molecule has 0 amide bonds. The van der Waals surface area contributed by atoms with Gasteiger partial charge in [0.25, 0.3) is 0 Å². The molecule has 0 N–H and O–H groups in total. The lowest BCUT2D eigenvalue weighted by Gasteiger charge is -2.38. The van der Waals surface area contributed by atoms with Gasteiger partial charge in [0.15, 0.2) is 0 Å². The van der Waals surface area contributed by atoms with E-state index < -0.39 is 0 Å². The molecule has 0 aromatic heterocycles. The monoisotopic (exact) mass is 983 g/mol. The first kappa shape index (κ1) is 45.7. The van der Waals surface area contributed by atoms with Gasteiger partial charge in [-0.05, 0) is 157 Å². The quantitative estimate of drug-likeness (QED) is 0.0931. The second-order valence-electron chi connectivity index (χ2n) is 25.2. The molecule has 15 rings (SSSR count).